The first-order valence-corrected chi connectivity index (χ1v) is 12.1. The van der Waals surface area contributed by atoms with E-state index in [-0.39, 0.29) is 12.8 Å². The topological polar surface area (TPSA) is 0 Å². The first-order valence-electron chi connectivity index (χ1n) is 12.1. The zero-order valence-corrected chi connectivity index (χ0v) is 19.5. The number of hydrogen-bond donors (Lipinski definition) is 0. The van der Waals surface area contributed by atoms with E-state index in [0.29, 0.717) is 5.92 Å². The summed E-state index contributed by atoms with van der Waals surface area (Å²) in [5, 5.41) is 0. The molecule has 1 aromatic rings. The van der Waals surface area contributed by atoms with Gasteiger partial charge in [0.2, 0.25) is 0 Å². The maximum atomic E-state index is 2.68. The number of hydrogen-bond acceptors (Lipinski definition) is 0. The molecule has 0 saturated heterocycles. The van der Waals surface area contributed by atoms with Crippen molar-refractivity contribution in [1.82, 2.24) is 0 Å². The molecule has 0 heteroatoms. The molecule has 0 aliphatic heterocycles. The molecular weight excluding hydrogens is 336 g/mol. The molecule has 2 fully saturated rings. The van der Waals surface area contributed by atoms with Crippen LogP contribution < -0.4 is 0 Å². The van der Waals surface area contributed by atoms with E-state index in [0.717, 1.165) is 11.8 Å². The monoisotopic (exact) mass is 386 g/mol. The molecule has 0 atom stereocenters. The van der Waals surface area contributed by atoms with Crippen LogP contribution in [0.5, 0.6) is 0 Å². The van der Waals surface area contributed by atoms with Crippen molar-refractivity contribution in [3.63, 3.8) is 0 Å². The van der Waals surface area contributed by atoms with Crippen LogP contribution in [0.1, 0.15) is 160 Å². The molecule has 0 radical (unpaired) electrons. The summed E-state index contributed by atoms with van der Waals surface area (Å²) in [5.41, 5.74) is 6.99. The van der Waals surface area contributed by atoms with Crippen molar-refractivity contribution in [2.45, 2.75) is 143 Å². The molecule has 3 rings (SSSR count). The standard InChI is InChI=1S/C25H40.C2H6.CH4/c1-18(2)21-16-23(20-14-10-7-11-15-20)24(25(3,4)5)17-22(21)19-12-8-6-9-13-19;1-2;/h16-20H,6-15H2,1-5H3;1-2H3;1H4. The third-order valence-corrected chi connectivity index (χ3v) is 6.78. The molecule has 0 unspecified atom stereocenters. The molecular formula is C28H50. The van der Waals surface area contributed by atoms with Gasteiger partial charge in [-0.15, -0.1) is 0 Å². The van der Waals surface area contributed by atoms with Gasteiger partial charge in [-0.1, -0.05) is 107 Å². The van der Waals surface area contributed by atoms with E-state index in [9.17, 15) is 0 Å². The van der Waals surface area contributed by atoms with Crippen molar-refractivity contribution in [2.75, 3.05) is 0 Å². The van der Waals surface area contributed by atoms with E-state index in [4.69, 9.17) is 0 Å². The summed E-state index contributed by atoms with van der Waals surface area (Å²) in [6.45, 7) is 16.1. The molecule has 0 aromatic heterocycles. The van der Waals surface area contributed by atoms with Crippen molar-refractivity contribution in [1.29, 1.82) is 0 Å². The Kier molecular flexibility index (Phi) is 10.3. The molecule has 0 spiro atoms. The molecule has 0 amide bonds. The zero-order valence-electron chi connectivity index (χ0n) is 19.5. The van der Waals surface area contributed by atoms with Gasteiger partial charge in [-0.05, 0) is 71.1 Å². The number of benzene rings is 1. The average molecular weight is 387 g/mol. The van der Waals surface area contributed by atoms with Crippen molar-refractivity contribution < 1.29 is 0 Å². The SMILES string of the molecule is C.CC.CC(C)c1cc(C2CCCCC2)c(C(C)(C)C)cc1C1CCCCC1. The minimum absolute atomic E-state index is 0. The third-order valence-electron chi connectivity index (χ3n) is 6.78. The van der Waals surface area contributed by atoms with E-state index < -0.39 is 0 Å². The predicted molar refractivity (Wildman–Crippen MR) is 129 cm³/mol. The Labute approximate surface area is 177 Å². The second-order valence-corrected chi connectivity index (χ2v) is 10.1. The normalized spacial score (nSPS) is 19.0. The van der Waals surface area contributed by atoms with Gasteiger partial charge in [-0.2, -0.15) is 0 Å². The lowest BCUT2D eigenvalue weighted by molar-refractivity contribution is 0.428. The smallest absolute Gasteiger partial charge is 0.0129 e. The first-order chi connectivity index (χ1) is 12.9. The fraction of sp³-hybridized carbons (Fsp3) is 0.786. The zero-order chi connectivity index (χ0) is 20.0. The van der Waals surface area contributed by atoms with Crippen LogP contribution >= 0.6 is 0 Å². The number of rotatable bonds is 3. The molecule has 0 N–H and O–H groups in total. The van der Waals surface area contributed by atoms with E-state index in [2.05, 4.69) is 46.8 Å². The summed E-state index contributed by atoms with van der Waals surface area (Å²) in [6.07, 6.45) is 14.2. The fourth-order valence-corrected chi connectivity index (χ4v) is 5.32. The first kappa shape index (κ1) is 25.3. The van der Waals surface area contributed by atoms with Crippen LogP contribution in [0.2, 0.25) is 0 Å². The second kappa shape index (κ2) is 11.4. The Morgan fingerprint density at radius 1 is 0.714 bits per heavy atom. The molecule has 2 aliphatic carbocycles. The van der Waals surface area contributed by atoms with Crippen LogP contribution in [0.4, 0.5) is 0 Å². The second-order valence-electron chi connectivity index (χ2n) is 10.1. The van der Waals surface area contributed by atoms with E-state index >= 15 is 0 Å². The fourth-order valence-electron chi connectivity index (χ4n) is 5.32. The summed E-state index contributed by atoms with van der Waals surface area (Å²) in [6, 6.07) is 5.35. The summed E-state index contributed by atoms with van der Waals surface area (Å²) in [5.74, 6) is 2.27. The van der Waals surface area contributed by atoms with Gasteiger partial charge in [0, 0.05) is 0 Å². The van der Waals surface area contributed by atoms with Crippen molar-refractivity contribution in [3.05, 3.63) is 34.4 Å². The molecule has 162 valence electrons. The third kappa shape index (κ3) is 6.11. The molecule has 2 aliphatic rings. The Morgan fingerprint density at radius 2 is 1.14 bits per heavy atom. The molecule has 2 saturated carbocycles. The van der Waals surface area contributed by atoms with Gasteiger partial charge in [0.05, 0.1) is 0 Å². The molecule has 28 heavy (non-hydrogen) atoms. The van der Waals surface area contributed by atoms with E-state index in [1.807, 2.05) is 13.8 Å². The summed E-state index contributed by atoms with van der Waals surface area (Å²) >= 11 is 0. The minimum Gasteiger partial charge on any atom is -0.0776 e. The Balaban J connectivity index is 0.00000127. The molecule has 0 bridgehead atoms. The quantitative estimate of drug-likeness (QED) is 0.484. The van der Waals surface area contributed by atoms with Crippen LogP contribution in [0.15, 0.2) is 12.1 Å². The highest BCUT2D eigenvalue weighted by atomic mass is 14.3. The predicted octanol–water partition coefficient (Wildman–Crippen LogP) is 9.87. The van der Waals surface area contributed by atoms with Gasteiger partial charge in [0.25, 0.3) is 0 Å². The maximum Gasteiger partial charge on any atom is -0.0129 e. The van der Waals surface area contributed by atoms with Gasteiger partial charge in [0.1, 0.15) is 0 Å². The van der Waals surface area contributed by atoms with Crippen molar-refractivity contribution >= 4 is 0 Å². The van der Waals surface area contributed by atoms with E-state index in [1.165, 1.54) is 64.2 Å². The van der Waals surface area contributed by atoms with Gasteiger partial charge >= 0.3 is 0 Å². The van der Waals surface area contributed by atoms with Gasteiger partial charge in [0.15, 0.2) is 0 Å². The largest absolute Gasteiger partial charge is 0.0776 e. The Morgan fingerprint density at radius 3 is 1.54 bits per heavy atom. The highest BCUT2D eigenvalue weighted by molar-refractivity contribution is 5.46. The van der Waals surface area contributed by atoms with Gasteiger partial charge < -0.3 is 0 Å². The lowest BCUT2D eigenvalue weighted by atomic mass is 9.71. The Hall–Kier alpha value is -0.780. The van der Waals surface area contributed by atoms with E-state index in [1.54, 1.807) is 22.3 Å². The van der Waals surface area contributed by atoms with Crippen molar-refractivity contribution in [3.8, 4) is 0 Å². The molecule has 0 heterocycles. The lowest BCUT2D eigenvalue weighted by Gasteiger charge is -2.34. The van der Waals surface area contributed by atoms with Crippen LogP contribution in [-0.4, -0.2) is 0 Å². The lowest BCUT2D eigenvalue weighted by Crippen LogP contribution is -2.20. The van der Waals surface area contributed by atoms with Gasteiger partial charge in [-0.25, -0.2) is 0 Å². The molecule has 0 nitrogen and oxygen atoms in total. The van der Waals surface area contributed by atoms with Crippen LogP contribution in [0, 0.1) is 0 Å². The van der Waals surface area contributed by atoms with Gasteiger partial charge in [-0.3, -0.25) is 0 Å². The highest BCUT2D eigenvalue weighted by Gasteiger charge is 2.28. The summed E-state index contributed by atoms with van der Waals surface area (Å²) in [7, 11) is 0. The highest BCUT2D eigenvalue weighted by Crippen LogP contribution is 2.44. The van der Waals surface area contributed by atoms with Crippen molar-refractivity contribution in [2.24, 2.45) is 0 Å². The average Bonchev–Trinajstić information content (AvgIpc) is 2.69. The summed E-state index contributed by atoms with van der Waals surface area (Å²) < 4.78 is 0. The molecule has 1 aromatic carbocycles. The Bertz CT molecular complexity index is 560. The van der Waals surface area contributed by atoms with Crippen LogP contribution in [0.25, 0.3) is 0 Å². The van der Waals surface area contributed by atoms with Crippen LogP contribution in [-0.2, 0) is 5.41 Å². The minimum atomic E-state index is 0. The van der Waals surface area contributed by atoms with Crippen LogP contribution in [0.3, 0.4) is 0 Å². The maximum absolute atomic E-state index is 2.68. The summed E-state index contributed by atoms with van der Waals surface area (Å²) in [4.78, 5) is 0.